The Labute approximate surface area is 183 Å². The van der Waals surface area contributed by atoms with Crippen molar-refractivity contribution in [3.63, 3.8) is 0 Å². The Balaban J connectivity index is 1.73. The number of amides is 1. The quantitative estimate of drug-likeness (QED) is 0.506. The highest BCUT2D eigenvalue weighted by atomic mass is 35.5. The summed E-state index contributed by atoms with van der Waals surface area (Å²) in [6.07, 6.45) is 2.03. The van der Waals surface area contributed by atoms with Gasteiger partial charge in [0.25, 0.3) is 5.91 Å². The fourth-order valence-electron chi connectivity index (χ4n) is 3.04. The van der Waals surface area contributed by atoms with Gasteiger partial charge in [0.2, 0.25) is 5.76 Å². The van der Waals surface area contributed by atoms with E-state index in [0.717, 1.165) is 16.7 Å². The molecule has 1 unspecified atom stereocenters. The molecule has 2 aromatic carbocycles. The first kappa shape index (κ1) is 21.9. The van der Waals surface area contributed by atoms with Crippen LogP contribution >= 0.6 is 23.2 Å². The number of halogens is 2. The zero-order valence-corrected chi connectivity index (χ0v) is 17.7. The largest absolute Gasteiger partial charge is 0.481 e. The van der Waals surface area contributed by atoms with Crippen molar-refractivity contribution in [2.24, 2.45) is 0 Å². The Kier molecular flexibility index (Phi) is 7.13. The molecule has 0 fully saturated rings. The minimum atomic E-state index is -1.01. The van der Waals surface area contributed by atoms with Crippen molar-refractivity contribution in [2.45, 2.75) is 32.2 Å². The van der Waals surface area contributed by atoms with Crippen molar-refractivity contribution in [3.05, 3.63) is 75.9 Å². The van der Waals surface area contributed by atoms with E-state index in [9.17, 15) is 14.7 Å². The predicted octanol–water partition coefficient (Wildman–Crippen LogP) is 5.03. The monoisotopic (exact) mass is 446 g/mol. The molecular weight excluding hydrogens is 427 g/mol. The van der Waals surface area contributed by atoms with Crippen LogP contribution in [0.25, 0.3) is 11.1 Å². The second-order valence-corrected chi connectivity index (χ2v) is 7.61. The molecule has 156 valence electrons. The van der Waals surface area contributed by atoms with Crippen LogP contribution in [0.15, 0.2) is 53.1 Å². The van der Waals surface area contributed by atoms with E-state index in [-0.39, 0.29) is 12.2 Å². The number of hydrogen-bond acceptors (Lipinski definition) is 4. The van der Waals surface area contributed by atoms with Crippen LogP contribution in [0.1, 0.15) is 35.4 Å². The molecule has 0 saturated heterocycles. The average molecular weight is 447 g/mol. The van der Waals surface area contributed by atoms with Gasteiger partial charge in [0.05, 0.1) is 12.6 Å². The summed E-state index contributed by atoms with van der Waals surface area (Å²) in [5.41, 5.74) is 2.57. The van der Waals surface area contributed by atoms with E-state index in [4.69, 9.17) is 27.6 Å². The Morgan fingerprint density at radius 3 is 2.53 bits per heavy atom. The molecule has 0 aliphatic carbocycles. The topological polar surface area (TPSA) is 92.4 Å². The number of nitrogens with one attached hydrogen (secondary N) is 1. The number of benzene rings is 2. The zero-order valence-electron chi connectivity index (χ0n) is 16.2. The number of carbonyl (C=O) groups is 2. The fraction of sp³-hybridized carbons (Fsp3) is 0.227. The third kappa shape index (κ3) is 5.62. The maximum absolute atomic E-state index is 12.4. The lowest BCUT2D eigenvalue weighted by Gasteiger charge is -2.16. The standard InChI is InChI=1S/C22H20Cl2N2O4/c1-2-20-25-12-19(30-20)22(29)26-16(11-21(27)28)9-13-3-5-14(6-4-13)17-10-15(23)7-8-18(17)24/h3-8,10,12,16H,2,9,11H2,1H3,(H,26,29)(H,27,28). The molecule has 1 amide bonds. The number of carboxylic acid groups (broad SMARTS) is 1. The van der Waals surface area contributed by atoms with Crippen LogP contribution in [0.2, 0.25) is 10.0 Å². The van der Waals surface area contributed by atoms with Crippen LogP contribution in [0, 0.1) is 0 Å². The molecule has 0 radical (unpaired) electrons. The van der Waals surface area contributed by atoms with Gasteiger partial charge >= 0.3 is 5.97 Å². The lowest BCUT2D eigenvalue weighted by atomic mass is 9.99. The zero-order chi connectivity index (χ0) is 21.7. The lowest BCUT2D eigenvalue weighted by molar-refractivity contribution is -0.137. The SMILES string of the molecule is CCc1ncc(C(=O)NC(CC(=O)O)Cc2ccc(-c3cc(Cl)ccc3Cl)cc2)o1. The van der Waals surface area contributed by atoms with E-state index in [2.05, 4.69) is 10.3 Å². The number of aliphatic carboxylic acids is 1. The maximum atomic E-state index is 12.4. The molecule has 0 spiro atoms. The van der Waals surface area contributed by atoms with Crippen LogP contribution in [0.4, 0.5) is 0 Å². The molecule has 1 aromatic heterocycles. The van der Waals surface area contributed by atoms with Gasteiger partial charge in [-0.25, -0.2) is 4.98 Å². The molecule has 6 nitrogen and oxygen atoms in total. The number of aromatic nitrogens is 1. The fourth-order valence-corrected chi connectivity index (χ4v) is 3.44. The summed E-state index contributed by atoms with van der Waals surface area (Å²) in [6, 6.07) is 12.2. The van der Waals surface area contributed by atoms with Crippen molar-refractivity contribution in [2.75, 3.05) is 0 Å². The first-order valence-corrected chi connectivity index (χ1v) is 10.1. The highest BCUT2D eigenvalue weighted by Gasteiger charge is 2.20. The highest BCUT2D eigenvalue weighted by molar-refractivity contribution is 6.35. The molecule has 1 atom stereocenters. The van der Waals surface area contributed by atoms with E-state index in [0.29, 0.717) is 28.8 Å². The molecular formula is C22H20Cl2N2O4. The summed E-state index contributed by atoms with van der Waals surface area (Å²) in [7, 11) is 0. The smallest absolute Gasteiger partial charge is 0.305 e. The normalized spacial score (nSPS) is 11.8. The lowest BCUT2D eigenvalue weighted by Crippen LogP contribution is -2.38. The highest BCUT2D eigenvalue weighted by Crippen LogP contribution is 2.30. The summed E-state index contributed by atoms with van der Waals surface area (Å²) in [5, 5.41) is 13.1. The summed E-state index contributed by atoms with van der Waals surface area (Å²) in [4.78, 5) is 27.7. The first-order chi connectivity index (χ1) is 14.4. The Bertz CT molecular complexity index is 1050. The second kappa shape index (κ2) is 9.78. The molecule has 30 heavy (non-hydrogen) atoms. The van der Waals surface area contributed by atoms with Gasteiger partial charge in [-0.15, -0.1) is 0 Å². The predicted molar refractivity (Wildman–Crippen MR) is 115 cm³/mol. The number of oxazole rings is 1. The van der Waals surface area contributed by atoms with Crippen LogP contribution in [-0.2, 0) is 17.6 Å². The number of hydrogen-bond donors (Lipinski definition) is 2. The molecule has 1 heterocycles. The first-order valence-electron chi connectivity index (χ1n) is 9.37. The van der Waals surface area contributed by atoms with Gasteiger partial charge < -0.3 is 14.8 Å². The molecule has 0 aliphatic rings. The van der Waals surface area contributed by atoms with Gasteiger partial charge in [-0.2, -0.15) is 0 Å². The molecule has 2 N–H and O–H groups in total. The van der Waals surface area contributed by atoms with E-state index < -0.39 is 17.9 Å². The maximum Gasteiger partial charge on any atom is 0.305 e. The van der Waals surface area contributed by atoms with Crippen molar-refractivity contribution >= 4 is 35.1 Å². The Morgan fingerprint density at radius 2 is 1.90 bits per heavy atom. The summed E-state index contributed by atoms with van der Waals surface area (Å²) in [6.45, 7) is 1.86. The van der Waals surface area contributed by atoms with Crippen LogP contribution < -0.4 is 5.32 Å². The van der Waals surface area contributed by atoms with E-state index in [1.165, 1.54) is 6.20 Å². The van der Waals surface area contributed by atoms with Crippen LogP contribution in [0.5, 0.6) is 0 Å². The molecule has 0 bridgehead atoms. The molecule has 3 rings (SSSR count). The number of rotatable bonds is 8. The van der Waals surface area contributed by atoms with Gasteiger partial charge in [0.1, 0.15) is 0 Å². The molecule has 0 aliphatic heterocycles. The minimum absolute atomic E-state index is 0.0631. The van der Waals surface area contributed by atoms with Gasteiger partial charge in [0, 0.05) is 28.1 Å². The third-order valence-corrected chi connectivity index (χ3v) is 5.08. The minimum Gasteiger partial charge on any atom is -0.481 e. The molecule has 8 heteroatoms. The van der Waals surface area contributed by atoms with Crippen LogP contribution in [-0.4, -0.2) is 28.0 Å². The van der Waals surface area contributed by atoms with Crippen molar-refractivity contribution in [1.82, 2.24) is 10.3 Å². The van der Waals surface area contributed by atoms with E-state index in [1.54, 1.807) is 18.2 Å². The summed E-state index contributed by atoms with van der Waals surface area (Å²) < 4.78 is 5.34. The van der Waals surface area contributed by atoms with Gasteiger partial charge in [-0.1, -0.05) is 54.4 Å². The van der Waals surface area contributed by atoms with E-state index in [1.807, 2.05) is 31.2 Å². The number of aryl methyl sites for hydroxylation is 1. The van der Waals surface area contributed by atoms with E-state index >= 15 is 0 Å². The van der Waals surface area contributed by atoms with Gasteiger partial charge in [-0.3, -0.25) is 9.59 Å². The number of carbonyl (C=O) groups excluding carboxylic acids is 1. The second-order valence-electron chi connectivity index (χ2n) is 6.77. The molecule has 0 saturated carbocycles. The average Bonchev–Trinajstić information content (AvgIpc) is 3.19. The summed E-state index contributed by atoms with van der Waals surface area (Å²) in [5.74, 6) is -0.983. The Hall–Kier alpha value is -2.83. The molecule has 3 aromatic rings. The van der Waals surface area contributed by atoms with Crippen molar-refractivity contribution in [1.29, 1.82) is 0 Å². The van der Waals surface area contributed by atoms with Gasteiger partial charge in [-0.05, 0) is 35.7 Å². The Morgan fingerprint density at radius 1 is 1.17 bits per heavy atom. The third-order valence-electron chi connectivity index (χ3n) is 4.51. The van der Waals surface area contributed by atoms with Crippen LogP contribution in [0.3, 0.4) is 0 Å². The summed E-state index contributed by atoms with van der Waals surface area (Å²) >= 11 is 12.3. The van der Waals surface area contributed by atoms with Crippen molar-refractivity contribution < 1.29 is 19.1 Å². The number of carboxylic acids is 1. The van der Waals surface area contributed by atoms with Crippen molar-refractivity contribution in [3.8, 4) is 11.1 Å². The van der Waals surface area contributed by atoms with Gasteiger partial charge in [0.15, 0.2) is 5.89 Å². The number of nitrogens with zero attached hydrogens (tertiary/aromatic N) is 1.